The highest BCUT2D eigenvalue weighted by Gasteiger charge is 2.52. The van der Waals surface area contributed by atoms with Crippen LogP contribution in [0.3, 0.4) is 0 Å². The zero-order valence-electron chi connectivity index (χ0n) is 21.8. The molecular weight excluding hydrogens is 486 g/mol. The fraction of sp³-hybridized carbons (Fsp3) is 0.500. The van der Waals surface area contributed by atoms with Crippen molar-refractivity contribution < 1.29 is 32.4 Å². The summed E-state index contributed by atoms with van der Waals surface area (Å²) in [5, 5.41) is 12.3. The second kappa shape index (κ2) is 9.85. The molecule has 0 bridgehead atoms. The molecule has 0 unspecified atom stereocenters. The summed E-state index contributed by atoms with van der Waals surface area (Å²) in [6, 6.07) is 9.50. The van der Waals surface area contributed by atoms with E-state index in [0.717, 1.165) is 23.2 Å². The number of amides is 1. The first kappa shape index (κ1) is 27.3. The number of nitrogens with zero attached hydrogens (tertiary/aromatic N) is 2. The number of halogens is 3. The van der Waals surface area contributed by atoms with Crippen molar-refractivity contribution in [3.05, 3.63) is 53.1 Å². The lowest BCUT2D eigenvalue weighted by molar-refractivity contribution is -0.137. The predicted octanol–water partition coefficient (Wildman–Crippen LogP) is 4.85. The van der Waals surface area contributed by atoms with Gasteiger partial charge in [0.2, 0.25) is 0 Å². The van der Waals surface area contributed by atoms with Crippen LogP contribution in [0.4, 0.5) is 29.3 Å². The Morgan fingerprint density at radius 1 is 1.00 bits per heavy atom. The third kappa shape index (κ3) is 6.05. The monoisotopic (exact) mass is 519 g/mol. The van der Waals surface area contributed by atoms with Gasteiger partial charge in [0, 0.05) is 44.1 Å². The number of piperazine rings is 1. The van der Waals surface area contributed by atoms with E-state index in [0.29, 0.717) is 49.7 Å². The van der Waals surface area contributed by atoms with Gasteiger partial charge in [-0.05, 0) is 76.0 Å². The third-order valence-electron chi connectivity index (χ3n) is 7.44. The Morgan fingerprint density at radius 2 is 1.62 bits per heavy atom. The number of carboxylic acid groups (broad SMARTS) is 1. The van der Waals surface area contributed by atoms with Gasteiger partial charge in [-0.1, -0.05) is 11.6 Å². The second-order valence-electron chi connectivity index (χ2n) is 10.7. The first-order valence-corrected chi connectivity index (χ1v) is 12.3. The molecule has 0 atom stereocenters. The summed E-state index contributed by atoms with van der Waals surface area (Å²) >= 11 is 0. The zero-order chi connectivity index (χ0) is 27.2. The summed E-state index contributed by atoms with van der Waals surface area (Å²) in [5.41, 5.74) is 1.43. The maximum Gasteiger partial charge on any atom is 0.495 e. The molecule has 200 valence electrons. The average Bonchev–Trinajstić information content (AvgIpc) is 3.01. The number of carbonyl (C=O) groups is 1. The minimum atomic E-state index is -4.50. The lowest BCUT2D eigenvalue weighted by Gasteiger charge is -2.33. The van der Waals surface area contributed by atoms with E-state index in [1.165, 1.54) is 4.90 Å². The Bertz CT molecular complexity index is 1150. The molecule has 2 aliphatic rings. The van der Waals surface area contributed by atoms with Gasteiger partial charge in [0.15, 0.2) is 0 Å². The highest BCUT2D eigenvalue weighted by molar-refractivity contribution is 6.62. The van der Waals surface area contributed by atoms with E-state index in [-0.39, 0.29) is 0 Å². The molecule has 0 spiro atoms. The van der Waals surface area contributed by atoms with Crippen molar-refractivity contribution in [3.63, 3.8) is 0 Å². The summed E-state index contributed by atoms with van der Waals surface area (Å²) in [6.07, 6.45) is -5.49. The molecule has 2 N–H and O–H groups in total. The lowest BCUT2D eigenvalue weighted by atomic mass is 9.76. The molecule has 7 nitrogen and oxygen atoms in total. The molecule has 0 radical (unpaired) electrons. The van der Waals surface area contributed by atoms with E-state index in [1.807, 2.05) is 57.7 Å². The largest absolute Gasteiger partial charge is 0.495 e. The molecule has 0 saturated carbocycles. The Balaban J connectivity index is 1.56. The minimum Gasteiger partial charge on any atom is -0.465 e. The van der Waals surface area contributed by atoms with Gasteiger partial charge in [-0.25, -0.2) is 4.79 Å². The fourth-order valence-corrected chi connectivity index (χ4v) is 4.48. The number of rotatable bonds is 5. The molecule has 2 aromatic carbocycles. The molecule has 37 heavy (non-hydrogen) atoms. The summed E-state index contributed by atoms with van der Waals surface area (Å²) in [5.74, 6) is 0. The third-order valence-corrected chi connectivity index (χ3v) is 7.44. The van der Waals surface area contributed by atoms with Gasteiger partial charge in [0.25, 0.3) is 0 Å². The van der Waals surface area contributed by atoms with Crippen LogP contribution < -0.4 is 10.8 Å². The quantitative estimate of drug-likeness (QED) is 0.551. The maximum absolute atomic E-state index is 13.7. The molecule has 11 heteroatoms. The minimum absolute atomic E-state index is 0.291. The summed E-state index contributed by atoms with van der Waals surface area (Å²) in [7, 11) is -0.590. The number of hydrogen-bond acceptors (Lipinski definition) is 5. The van der Waals surface area contributed by atoms with Crippen LogP contribution in [0.25, 0.3) is 0 Å². The molecule has 2 aliphatic heterocycles. The van der Waals surface area contributed by atoms with Crippen molar-refractivity contribution in [2.24, 2.45) is 0 Å². The lowest BCUT2D eigenvalue weighted by Crippen LogP contribution is -2.47. The van der Waals surface area contributed by atoms with E-state index >= 15 is 0 Å². The van der Waals surface area contributed by atoms with Crippen LogP contribution in [-0.4, -0.2) is 65.5 Å². The number of anilines is 2. The van der Waals surface area contributed by atoms with Crippen LogP contribution in [-0.2, 0) is 22.0 Å². The second-order valence-corrected chi connectivity index (χ2v) is 10.7. The van der Waals surface area contributed by atoms with Gasteiger partial charge in [-0.15, -0.1) is 0 Å². The van der Waals surface area contributed by atoms with E-state index in [4.69, 9.17) is 14.4 Å². The Labute approximate surface area is 215 Å². The highest BCUT2D eigenvalue weighted by atomic mass is 19.4. The van der Waals surface area contributed by atoms with Crippen LogP contribution in [0.5, 0.6) is 0 Å². The number of hydrogen-bond donors (Lipinski definition) is 2. The molecule has 2 saturated heterocycles. The average molecular weight is 519 g/mol. The highest BCUT2D eigenvalue weighted by Crippen LogP contribution is 2.37. The Kier molecular flexibility index (Phi) is 7.26. The predicted molar refractivity (Wildman–Crippen MR) is 136 cm³/mol. The van der Waals surface area contributed by atoms with Crippen LogP contribution in [0.2, 0.25) is 0 Å². The van der Waals surface area contributed by atoms with E-state index in [2.05, 4.69) is 5.32 Å². The number of nitrogens with one attached hydrogen (secondary N) is 1. The van der Waals surface area contributed by atoms with Gasteiger partial charge in [0.1, 0.15) is 0 Å². The molecule has 2 aromatic rings. The van der Waals surface area contributed by atoms with Crippen LogP contribution >= 0.6 is 0 Å². The number of aryl methyl sites for hydroxylation is 1. The van der Waals surface area contributed by atoms with E-state index < -0.39 is 36.2 Å². The fourth-order valence-electron chi connectivity index (χ4n) is 4.48. The Hall–Kier alpha value is -2.76. The Morgan fingerprint density at radius 3 is 2.19 bits per heavy atom. The van der Waals surface area contributed by atoms with Gasteiger partial charge in [0.05, 0.1) is 16.8 Å². The SMILES string of the molecule is Cc1ccc(Nc2cc(CN3CCN(C(=O)O)CC3)cc(C(F)(F)F)c2)cc1B1OC(C)(C)C(C)(C)O1. The summed E-state index contributed by atoms with van der Waals surface area (Å²) < 4.78 is 53.5. The van der Waals surface area contributed by atoms with Gasteiger partial charge in [-0.2, -0.15) is 13.2 Å². The van der Waals surface area contributed by atoms with Crippen molar-refractivity contribution in [3.8, 4) is 0 Å². The zero-order valence-corrected chi connectivity index (χ0v) is 21.8. The van der Waals surface area contributed by atoms with Crippen molar-refractivity contribution in [2.75, 3.05) is 31.5 Å². The van der Waals surface area contributed by atoms with Gasteiger partial charge >= 0.3 is 19.4 Å². The van der Waals surface area contributed by atoms with Crippen molar-refractivity contribution >= 4 is 30.0 Å². The molecule has 2 fully saturated rings. The number of alkyl halides is 3. The number of benzene rings is 2. The summed E-state index contributed by atoms with van der Waals surface area (Å²) in [6.45, 7) is 11.7. The van der Waals surface area contributed by atoms with E-state index in [9.17, 15) is 18.0 Å². The van der Waals surface area contributed by atoms with Crippen LogP contribution in [0, 0.1) is 6.92 Å². The first-order chi connectivity index (χ1) is 17.1. The first-order valence-electron chi connectivity index (χ1n) is 12.3. The smallest absolute Gasteiger partial charge is 0.465 e. The maximum atomic E-state index is 13.7. The standard InChI is InChI=1S/C26H33BF3N3O4/c1-17-6-7-20(15-22(17)27-36-24(2,3)25(4,5)37-27)31-21-13-18(12-19(14-21)26(28,29)30)16-32-8-10-33(11-9-32)23(34)35/h6-7,12-15,31H,8-11,16H2,1-5H3,(H,34,35). The van der Waals surface area contributed by atoms with Gasteiger partial charge in [-0.3, -0.25) is 4.90 Å². The van der Waals surface area contributed by atoms with Crippen molar-refractivity contribution in [1.29, 1.82) is 0 Å². The molecular formula is C26H33BF3N3O4. The summed E-state index contributed by atoms with van der Waals surface area (Å²) in [4.78, 5) is 14.4. The molecule has 0 aliphatic carbocycles. The van der Waals surface area contributed by atoms with Gasteiger partial charge < -0.3 is 24.6 Å². The van der Waals surface area contributed by atoms with Crippen LogP contribution in [0.1, 0.15) is 44.4 Å². The van der Waals surface area contributed by atoms with Crippen molar-refractivity contribution in [2.45, 2.75) is 58.5 Å². The normalized spacial score (nSPS) is 19.8. The molecule has 4 rings (SSSR count). The molecule has 0 aromatic heterocycles. The van der Waals surface area contributed by atoms with E-state index in [1.54, 1.807) is 6.07 Å². The molecule has 1 amide bonds. The van der Waals surface area contributed by atoms with Crippen LogP contribution in [0.15, 0.2) is 36.4 Å². The topological polar surface area (TPSA) is 74.3 Å². The molecule has 2 heterocycles. The van der Waals surface area contributed by atoms with Crippen molar-refractivity contribution in [1.82, 2.24) is 9.80 Å².